The predicted octanol–water partition coefficient (Wildman–Crippen LogP) is 0.277. The van der Waals surface area contributed by atoms with Crippen molar-refractivity contribution in [3.05, 3.63) is 50.8 Å². The monoisotopic (exact) mass is 265 g/mol. The molecule has 1 aromatic carbocycles. The van der Waals surface area contributed by atoms with Gasteiger partial charge in [0.15, 0.2) is 5.16 Å². The summed E-state index contributed by atoms with van der Waals surface area (Å²) >= 11 is 3.83. The Morgan fingerprint density at radius 2 is 2.00 bits per heavy atom. The quantitative estimate of drug-likeness (QED) is 0.781. The third kappa shape index (κ3) is 2.62. The fourth-order valence-corrected chi connectivity index (χ4v) is 1.66. The number of hydrogen-bond acceptors (Lipinski definition) is 5. The van der Waals surface area contributed by atoms with Crippen molar-refractivity contribution in [2.24, 2.45) is 0 Å². The molecule has 7 heteroatoms. The maximum absolute atomic E-state index is 11.6. The van der Waals surface area contributed by atoms with E-state index in [0.29, 0.717) is 5.75 Å². The standard InChI is InChI=1S/C11H11N3O3S/c1-17-8-4-2-7(3-5-8)6-14-10(15)12-9(18)13-11(14)16/h2-5H,6H2,1H3,(H2,12,13,15,16,18). The normalized spacial score (nSPS) is 10.3. The summed E-state index contributed by atoms with van der Waals surface area (Å²) in [6, 6.07) is 7.07. The number of ether oxygens (including phenoxy) is 1. The van der Waals surface area contributed by atoms with Crippen LogP contribution in [0.3, 0.4) is 0 Å². The molecule has 0 radical (unpaired) electrons. The highest BCUT2D eigenvalue weighted by Crippen LogP contribution is 2.11. The summed E-state index contributed by atoms with van der Waals surface area (Å²) in [5.74, 6) is 0.712. The molecule has 0 fully saturated rings. The summed E-state index contributed by atoms with van der Waals surface area (Å²) in [4.78, 5) is 29.0. The van der Waals surface area contributed by atoms with Gasteiger partial charge in [-0.1, -0.05) is 12.1 Å². The van der Waals surface area contributed by atoms with E-state index in [2.05, 4.69) is 22.6 Å². The Morgan fingerprint density at radius 3 is 2.56 bits per heavy atom. The molecular weight excluding hydrogens is 254 g/mol. The van der Waals surface area contributed by atoms with Crippen LogP contribution >= 0.6 is 12.6 Å². The lowest BCUT2D eigenvalue weighted by Crippen LogP contribution is -2.37. The second kappa shape index (κ2) is 5.09. The Labute approximate surface area is 108 Å². The van der Waals surface area contributed by atoms with E-state index in [0.717, 1.165) is 10.1 Å². The van der Waals surface area contributed by atoms with E-state index in [-0.39, 0.29) is 11.7 Å². The first-order chi connectivity index (χ1) is 8.60. The first kappa shape index (κ1) is 12.4. The molecule has 0 spiro atoms. The van der Waals surface area contributed by atoms with Crippen LogP contribution in [0.4, 0.5) is 0 Å². The minimum Gasteiger partial charge on any atom is -0.497 e. The molecule has 0 saturated heterocycles. The fourth-order valence-electron chi connectivity index (χ4n) is 1.48. The third-order valence-electron chi connectivity index (χ3n) is 2.40. The van der Waals surface area contributed by atoms with Gasteiger partial charge in [-0.3, -0.25) is 4.98 Å². The van der Waals surface area contributed by atoms with Crippen LogP contribution in [0.25, 0.3) is 0 Å². The lowest BCUT2D eigenvalue weighted by atomic mass is 10.2. The zero-order valence-corrected chi connectivity index (χ0v) is 10.5. The molecular formula is C11H11N3O3S. The van der Waals surface area contributed by atoms with E-state index in [1.54, 1.807) is 31.4 Å². The van der Waals surface area contributed by atoms with Gasteiger partial charge in [0.25, 0.3) is 0 Å². The summed E-state index contributed by atoms with van der Waals surface area (Å²) < 4.78 is 6.03. The number of nitrogens with one attached hydrogen (secondary N) is 1. The van der Waals surface area contributed by atoms with Gasteiger partial charge in [-0.2, -0.15) is 4.98 Å². The van der Waals surface area contributed by atoms with Gasteiger partial charge in [-0.25, -0.2) is 14.2 Å². The van der Waals surface area contributed by atoms with E-state index >= 15 is 0 Å². The summed E-state index contributed by atoms with van der Waals surface area (Å²) in [5.41, 5.74) is -0.354. The number of hydrogen-bond donors (Lipinski definition) is 2. The number of aromatic amines is 1. The zero-order valence-electron chi connectivity index (χ0n) is 9.58. The molecule has 0 saturated carbocycles. The Balaban J connectivity index is 2.34. The third-order valence-corrected chi connectivity index (χ3v) is 2.61. The van der Waals surface area contributed by atoms with Gasteiger partial charge in [-0.15, -0.1) is 12.6 Å². The Bertz CT molecular complexity index is 629. The summed E-state index contributed by atoms with van der Waals surface area (Å²) in [6.45, 7) is 0.152. The van der Waals surface area contributed by atoms with Crippen molar-refractivity contribution in [3.8, 4) is 5.75 Å². The molecule has 2 rings (SSSR count). The van der Waals surface area contributed by atoms with E-state index in [9.17, 15) is 9.59 Å². The second-order valence-corrected chi connectivity index (χ2v) is 4.01. The van der Waals surface area contributed by atoms with Gasteiger partial charge in [0.2, 0.25) is 0 Å². The molecule has 2 aromatic rings. The highest BCUT2D eigenvalue weighted by Gasteiger charge is 2.05. The molecule has 94 valence electrons. The van der Waals surface area contributed by atoms with Crippen molar-refractivity contribution < 1.29 is 4.74 Å². The molecule has 0 amide bonds. The number of benzene rings is 1. The van der Waals surface area contributed by atoms with Gasteiger partial charge >= 0.3 is 11.4 Å². The fraction of sp³-hybridized carbons (Fsp3) is 0.182. The van der Waals surface area contributed by atoms with E-state index in [1.165, 1.54) is 0 Å². The molecule has 0 aliphatic rings. The highest BCUT2D eigenvalue weighted by atomic mass is 32.1. The van der Waals surface area contributed by atoms with Crippen LogP contribution in [0.1, 0.15) is 5.56 Å². The molecule has 0 atom stereocenters. The molecule has 0 bridgehead atoms. The number of methoxy groups -OCH3 is 1. The van der Waals surface area contributed by atoms with Crippen molar-refractivity contribution in [3.63, 3.8) is 0 Å². The van der Waals surface area contributed by atoms with Crippen LogP contribution in [0.5, 0.6) is 5.75 Å². The van der Waals surface area contributed by atoms with E-state index < -0.39 is 11.4 Å². The first-order valence-corrected chi connectivity index (χ1v) is 5.58. The van der Waals surface area contributed by atoms with Gasteiger partial charge in [0, 0.05) is 0 Å². The molecule has 0 aliphatic carbocycles. The average molecular weight is 265 g/mol. The Hall–Kier alpha value is -2.02. The van der Waals surface area contributed by atoms with Crippen molar-refractivity contribution >= 4 is 12.6 Å². The number of rotatable bonds is 3. The van der Waals surface area contributed by atoms with Crippen LogP contribution < -0.4 is 16.1 Å². The maximum Gasteiger partial charge on any atom is 0.354 e. The summed E-state index contributed by atoms with van der Waals surface area (Å²) in [6.07, 6.45) is 0. The van der Waals surface area contributed by atoms with Crippen LogP contribution in [0, 0.1) is 0 Å². The largest absolute Gasteiger partial charge is 0.497 e. The average Bonchev–Trinajstić information content (AvgIpc) is 2.34. The molecule has 18 heavy (non-hydrogen) atoms. The maximum atomic E-state index is 11.6. The van der Waals surface area contributed by atoms with Crippen molar-refractivity contribution in [1.82, 2.24) is 14.5 Å². The van der Waals surface area contributed by atoms with Gasteiger partial charge in [-0.05, 0) is 17.7 Å². The van der Waals surface area contributed by atoms with Crippen molar-refractivity contribution in [2.45, 2.75) is 11.7 Å². The Kier molecular flexibility index (Phi) is 3.52. The van der Waals surface area contributed by atoms with Crippen LogP contribution in [-0.4, -0.2) is 21.6 Å². The molecule has 6 nitrogen and oxygen atoms in total. The number of aromatic nitrogens is 3. The molecule has 0 aliphatic heterocycles. The van der Waals surface area contributed by atoms with Crippen LogP contribution in [-0.2, 0) is 6.54 Å². The number of H-pyrrole nitrogens is 1. The molecule has 1 aromatic heterocycles. The first-order valence-electron chi connectivity index (χ1n) is 5.13. The minimum absolute atomic E-state index is 0.0102. The zero-order chi connectivity index (χ0) is 13.1. The second-order valence-electron chi connectivity index (χ2n) is 3.58. The van der Waals surface area contributed by atoms with Gasteiger partial charge in [0.1, 0.15) is 5.75 Å². The minimum atomic E-state index is -0.625. The van der Waals surface area contributed by atoms with Crippen LogP contribution in [0.2, 0.25) is 0 Å². The van der Waals surface area contributed by atoms with Gasteiger partial charge in [0.05, 0.1) is 13.7 Å². The molecule has 1 heterocycles. The molecule has 1 N–H and O–H groups in total. The summed E-state index contributed by atoms with van der Waals surface area (Å²) in [7, 11) is 1.57. The lowest BCUT2D eigenvalue weighted by molar-refractivity contribution is 0.414. The highest BCUT2D eigenvalue weighted by molar-refractivity contribution is 7.80. The van der Waals surface area contributed by atoms with Crippen molar-refractivity contribution in [2.75, 3.05) is 7.11 Å². The van der Waals surface area contributed by atoms with Crippen LogP contribution in [0.15, 0.2) is 39.0 Å². The number of thiol groups is 1. The topological polar surface area (TPSA) is 77.0 Å². The molecule has 0 unspecified atom stereocenters. The predicted molar refractivity (Wildman–Crippen MR) is 68.5 cm³/mol. The SMILES string of the molecule is COc1ccc(Cn2c(=O)nc(S)[nH]c2=O)cc1. The Morgan fingerprint density at radius 1 is 1.33 bits per heavy atom. The lowest BCUT2D eigenvalue weighted by Gasteiger charge is -2.05. The van der Waals surface area contributed by atoms with Gasteiger partial charge < -0.3 is 4.74 Å². The van der Waals surface area contributed by atoms with Crippen molar-refractivity contribution in [1.29, 1.82) is 0 Å². The summed E-state index contributed by atoms with van der Waals surface area (Å²) in [5, 5.41) is 0.0102. The number of nitrogens with zero attached hydrogens (tertiary/aromatic N) is 2. The van der Waals surface area contributed by atoms with E-state index in [4.69, 9.17) is 4.74 Å². The van der Waals surface area contributed by atoms with E-state index in [1.807, 2.05) is 0 Å². The smallest absolute Gasteiger partial charge is 0.354 e.